The van der Waals surface area contributed by atoms with Crippen molar-refractivity contribution >= 4 is 17.3 Å². The van der Waals surface area contributed by atoms with Gasteiger partial charge in [-0.25, -0.2) is 0 Å². The summed E-state index contributed by atoms with van der Waals surface area (Å²) in [6.07, 6.45) is 0.904. The number of rotatable bonds is 2. The molecule has 1 aromatic carbocycles. The van der Waals surface area contributed by atoms with Crippen LogP contribution < -0.4 is 16.0 Å². The number of nitrogens with two attached hydrogens (primary N) is 1. The Morgan fingerprint density at radius 2 is 2.31 bits per heavy atom. The van der Waals surface area contributed by atoms with Gasteiger partial charge in [0, 0.05) is 17.9 Å². The van der Waals surface area contributed by atoms with Gasteiger partial charge in [0.25, 0.3) is 0 Å². The lowest BCUT2D eigenvalue weighted by atomic mass is 10.0. The molecule has 0 atom stereocenters. The van der Waals surface area contributed by atoms with Crippen LogP contribution in [-0.4, -0.2) is 26.0 Å². The number of nitrogen functional groups attached to an aromatic ring is 1. The first-order valence-corrected chi connectivity index (χ1v) is 5.48. The highest BCUT2D eigenvalue weighted by molar-refractivity contribution is 5.97. The molecule has 3 N–H and O–H groups in total. The van der Waals surface area contributed by atoms with Crippen molar-refractivity contribution in [1.82, 2.24) is 5.32 Å². The average Bonchev–Trinajstić information content (AvgIpc) is 2.68. The minimum atomic E-state index is 0.116. The van der Waals surface area contributed by atoms with Crippen molar-refractivity contribution in [2.45, 2.75) is 13.3 Å². The third-order valence-electron chi connectivity index (χ3n) is 3.12. The second-order valence-electron chi connectivity index (χ2n) is 4.10. The standard InChI is InChI=1S/C12H17N3O/c1-8-9-5-6-15(12(16)7-14-2)11(9)4-3-10(8)13/h3-4,14H,5-7,13H2,1-2H3. The Morgan fingerprint density at radius 3 is 3.00 bits per heavy atom. The Labute approximate surface area is 95.4 Å². The summed E-state index contributed by atoms with van der Waals surface area (Å²) in [6, 6.07) is 3.82. The van der Waals surface area contributed by atoms with Crippen LogP contribution in [0, 0.1) is 6.92 Å². The molecule has 0 saturated carbocycles. The van der Waals surface area contributed by atoms with Crippen LogP contribution in [0.1, 0.15) is 11.1 Å². The molecule has 1 aliphatic rings. The topological polar surface area (TPSA) is 58.4 Å². The fraction of sp³-hybridized carbons (Fsp3) is 0.417. The zero-order valence-electron chi connectivity index (χ0n) is 9.71. The monoisotopic (exact) mass is 219 g/mol. The Hall–Kier alpha value is -1.55. The van der Waals surface area contributed by atoms with Crippen LogP contribution in [0.15, 0.2) is 12.1 Å². The maximum Gasteiger partial charge on any atom is 0.240 e. The number of amides is 1. The Balaban J connectivity index is 2.34. The third-order valence-corrected chi connectivity index (χ3v) is 3.12. The van der Waals surface area contributed by atoms with Crippen LogP contribution in [0.3, 0.4) is 0 Å². The molecule has 0 fully saturated rings. The molecule has 0 unspecified atom stereocenters. The Bertz CT molecular complexity index is 429. The molecule has 86 valence electrons. The summed E-state index contributed by atoms with van der Waals surface area (Å²) < 4.78 is 0. The van der Waals surface area contributed by atoms with Gasteiger partial charge in [-0.15, -0.1) is 0 Å². The Morgan fingerprint density at radius 1 is 1.56 bits per heavy atom. The van der Waals surface area contributed by atoms with Gasteiger partial charge in [-0.05, 0) is 43.7 Å². The number of fused-ring (bicyclic) bond motifs is 1. The summed E-state index contributed by atoms with van der Waals surface area (Å²) in [5.74, 6) is 0.116. The zero-order chi connectivity index (χ0) is 11.7. The van der Waals surface area contributed by atoms with Crippen LogP contribution in [0.4, 0.5) is 11.4 Å². The molecule has 0 aromatic heterocycles. The number of carbonyl (C=O) groups excluding carboxylic acids is 1. The van der Waals surface area contributed by atoms with E-state index in [1.54, 1.807) is 7.05 Å². The predicted molar refractivity (Wildman–Crippen MR) is 65.6 cm³/mol. The quantitative estimate of drug-likeness (QED) is 0.719. The normalized spacial score (nSPS) is 14.0. The minimum absolute atomic E-state index is 0.116. The predicted octanol–water partition coefficient (Wildman–Crippen LogP) is 0.686. The molecular weight excluding hydrogens is 202 g/mol. The molecule has 0 radical (unpaired) electrons. The lowest BCUT2D eigenvalue weighted by molar-refractivity contribution is -0.117. The molecule has 4 nitrogen and oxygen atoms in total. The highest BCUT2D eigenvalue weighted by Crippen LogP contribution is 2.33. The van der Waals surface area contributed by atoms with E-state index in [4.69, 9.17) is 5.73 Å². The van der Waals surface area contributed by atoms with E-state index < -0.39 is 0 Å². The highest BCUT2D eigenvalue weighted by atomic mass is 16.2. The van der Waals surface area contributed by atoms with Crippen molar-refractivity contribution < 1.29 is 4.79 Å². The van der Waals surface area contributed by atoms with Crippen LogP contribution in [-0.2, 0) is 11.2 Å². The van der Waals surface area contributed by atoms with Crippen molar-refractivity contribution in [2.24, 2.45) is 0 Å². The second-order valence-corrected chi connectivity index (χ2v) is 4.10. The molecular formula is C12H17N3O. The lowest BCUT2D eigenvalue weighted by Crippen LogP contribution is -2.35. The van der Waals surface area contributed by atoms with Gasteiger partial charge < -0.3 is 16.0 Å². The molecule has 0 bridgehead atoms. The molecule has 1 aliphatic heterocycles. The number of benzene rings is 1. The van der Waals surface area contributed by atoms with Crippen molar-refractivity contribution in [3.63, 3.8) is 0 Å². The first kappa shape index (κ1) is 11.0. The third kappa shape index (κ3) is 1.65. The maximum absolute atomic E-state index is 11.8. The number of carbonyl (C=O) groups is 1. The molecule has 0 spiro atoms. The van der Waals surface area contributed by atoms with E-state index >= 15 is 0 Å². The Kier molecular flexibility index (Phi) is 2.83. The SMILES string of the molecule is CNCC(=O)N1CCc2c1ccc(N)c2C. The van der Waals surface area contributed by atoms with Gasteiger partial charge in [-0.2, -0.15) is 0 Å². The van der Waals surface area contributed by atoms with Crippen LogP contribution >= 0.6 is 0 Å². The maximum atomic E-state index is 11.8. The molecule has 1 amide bonds. The van der Waals surface area contributed by atoms with Crippen LogP contribution in [0.5, 0.6) is 0 Å². The number of likely N-dealkylation sites (N-methyl/N-ethyl adjacent to an activating group) is 1. The summed E-state index contributed by atoms with van der Waals surface area (Å²) in [4.78, 5) is 13.7. The van der Waals surface area contributed by atoms with Crippen molar-refractivity contribution in [3.8, 4) is 0 Å². The molecule has 0 saturated heterocycles. The van der Waals surface area contributed by atoms with Crippen molar-refractivity contribution in [2.75, 3.05) is 30.8 Å². The van der Waals surface area contributed by atoms with Gasteiger partial charge in [0.2, 0.25) is 5.91 Å². The summed E-state index contributed by atoms with van der Waals surface area (Å²) in [6.45, 7) is 3.16. The van der Waals surface area contributed by atoms with E-state index in [2.05, 4.69) is 5.32 Å². The van der Waals surface area contributed by atoms with E-state index in [1.807, 2.05) is 24.0 Å². The van der Waals surface area contributed by atoms with E-state index in [0.29, 0.717) is 6.54 Å². The largest absolute Gasteiger partial charge is 0.399 e. The number of anilines is 2. The van der Waals surface area contributed by atoms with Crippen LogP contribution in [0.25, 0.3) is 0 Å². The fourth-order valence-corrected chi connectivity index (χ4v) is 2.18. The van der Waals surface area contributed by atoms with Gasteiger partial charge >= 0.3 is 0 Å². The van der Waals surface area contributed by atoms with Gasteiger partial charge in [0.15, 0.2) is 0 Å². The number of nitrogens with zero attached hydrogens (tertiary/aromatic N) is 1. The molecule has 1 heterocycles. The second kappa shape index (κ2) is 4.14. The highest BCUT2D eigenvalue weighted by Gasteiger charge is 2.25. The summed E-state index contributed by atoms with van der Waals surface area (Å²) >= 11 is 0. The number of hydrogen-bond donors (Lipinski definition) is 2. The minimum Gasteiger partial charge on any atom is -0.399 e. The summed E-state index contributed by atoms with van der Waals surface area (Å²) in [5.41, 5.74) is 10.0. The van der Waals surface area contributed by atoms with Crippen molar-refractivity contribution in [1.29, 1.82) is 0 Å². The first-order chi connectivity index (χ1) is 7.65. The summed E-state index contributed by atoms with van der Waals surface area (Å²) in [5, 5.41) is 2.89. The van der Waals surface area contributed by atoms with E-state index in [-0.39, 0.29) is 5.91 Å². The van der Waals surface area contributed by atoms with E-state index in [1.165, 1.54) is 5.56 Å². The zero-order valence-corrected chi connectivity index (χ0v) is 9.71. The number of nitrogens with one attached hydrogen (secondary N) is 1. The van der Waals surface area contributed by atoms with Gasteiger partial charge in [-0.1, -0.05) is 0 Å². The van der Waals surface area contributed by atoms with Gasteiger partial charge in [0.05, 0.1) is 6.54 Å². The molecule has 4 heteroatoms. The van der Waals surface area contributed by atoms with Gasteiger partial charge in [-0.3, -0.25) is 4.79 Å². The van der Waals surface area contributed by atoms with Crippen LogP contribution in [0.2, 0.25) is 0 Å². The average molecular weight is 219 g/mol. The van der Waals surface area contributed by atoms with E-state index in [0.717, 1.165) is 29.9 Å². The van der Waals surface area contributed by atoms with Gasteiger partial charge in [0.1, 0.15) is 0 Å². The first-order valence-electron chi connectivity index (χ1n) is 5.48. The summed E-state index contributed by atoms with van der Waals surface area (Å²) in [7, 11) is 1.78. The van der Waals surface area contributed by atoms with E-state index in [9.17, 15) is 4.79 Å². The fourth-order valence-electron chi connectivity index (χ4n) is 2.18. The lowest BCUT2D eigenvalue weighted by Gasteiger charge is -2.17. The molecule has 2 rings (SSSR count). The molecule has 16 heavy (non-hydrogen) atoms. The van der Waals surface area contributed by atoms with Crippen molar-refractivity contribution in [3.05, 3.63) is 23.3 Å². The molecule has 0 aliphatic carbocycles. The smallest absolute Gasteiger partial charge is 0.240 e. The number of hydrogen-bond acceptors (Lipinski definition) is 3. The molecule has 1 aromatic rings.